The number of aromatic nitrogens is 1. The molecule has 0 radical (unpaired) electrons. The molecule has 1 heterocycles. The maximum absolute atomic E-state index is 11.9. The fourth-order valence-electron chi connectivity index (χ4n) is 1.67. The number of amides is 2. The van der Waals surface area contributed by atoms with Gasteiger partial charge in [-0.1, -0.05) is 0 Å². The van der Waals surface area contributed by atoms with Gasteiger partial charge in [0, 0.05) is 19.2 Å². The molecule has 7 heteroatoms. The highest BCUT2D eigenvalue weighted by Crippen LogP contribution is 2.04. The lowest BCUT2D eigenvalue weighted by molar-refractivity contribution is -0.139. The molecule has 1 unspecified atom stereocenters. The van der Waals surface area contributed by atoms with Crippen LogP contribution >= 0.6 is 0 Å². The Labute approximate surface area is 110 Å². The number of aryl methyl sites for hydroxylation is 1. The zero-order valence-electron chi connectivity index (χ0n) is 10.6. The molecule has 0 aromatic carbocycles. The van der Waals surface area contributed by atoms with Crippen LogP contribution in [0.2, 0.25) is 0 Å². The summed E-state index contributed by atoms with van der Waals surface area (Å²) in [5, 5.41) is 11.4. The van der Waals surface area contributed by atoms with E-state index < -0.39 is 23.8 Å². The third kappa shape index (κ3) is 4.13. The standard InChI is InChI=1S/C12H17N3O4/c1-2-15-7-3-4-9(15)11(17)14-8(12(18)19)5-6-10(13)16/h3-4,7-8H,2,5-6H2,1H3,(H2,13,16)(H,14,17)(H,18,19). The third-order valence-corrected chi connectivity index (χ3v) is 2.69. The van der Waals surface area contributed by atoms with Gasteiger partial charge < -0.3 is 20.7 Å². The summed E-state index contributed by atoms with van der Waals surface area (Å²) < 4.78 is 1.70. The number of nitrogens with zero attached hydrogens (tertiary/aromatic N) is 1. The number of nitrogens with one attached hydrogen (secondary N) is 1. The summed E-state index contributed by atoms with van der Waals surface area (Å²) in [5.74, 6) is -2.27. The van der Waals surface area contributed by atoms with E-state index in [2.05, 4.69) is 5.32 Å². The van der Waals surface area contributed by atoms with Gasteiger partial charge >= 0.3 is 5.97 Å². The number of carboxylic acids is 1. The van der Waals surface area contributed by atoms with Gasteiger partial charge in [-0.05, 0) is 25.5 Å². The minimum Gasteiger partial charge on any atom is -0.480 e. The minimum absolute atomic E-state index is 0.0246. The molecule has 0 aliphatic rings. The molecule has 2 amide bonds. The normalized spacial score (nSPS) is 11.8. The molecule has 0 saturated heterocycles. The predicted octanol–water partition coefficient (Wildman–Crippen LogP) is -0.0435. The van der Waals surface area contributed by atoms with E-state index in [1.54, 1.807) is 22.9 Å². The van der Waals surface area contributed by atoms with Gasteiger partial charge in [0.05, 0.1) is 0 Å². The van der Waals surface area contributed by atoms with Crippen molar-refractivity contribution in [2.24, 2.45) is 5.73 Å². The second kappa shape index (κ2) is 6.58. The Hall–Kier alpha value is -2.31. The summed E-state index contributed by atoms with van der Waals surface area (Å²) in [7, 11) is 0. The van der Waals surface area contributed by atoms with Crippen LogP contribution in [0.5, 0.6) is 0 Å². The third-order valence-electron chi connectivity index (χ3n) is 2.69. The predicted molar refractivity (Wildman–Crippen MR) is 67.4 cm³/mol. The van der Waals surface area contributed by atoms with Crippen molar-refractivity contribution in [3.8, 4) is 0 Å². The van der Waals surface area contributed by atoms with E-state index in [9.17, 15) is 14.4 Å². The maximum Gasteiger partial charge on any atom is 0.326 e. The quantitative estimate of drug-likeness (QED) is 0.642. The summed E-state index contributed by atoms with van der Waals surface area (Å²) in [6.07, 6.45) is 1.61. The van der Waals surface area contributed by atoms with Crippen LogP contribution in [0.3, 0.4) is 0 Å². The molecule has 0 saturated carbocycles. The highest BCUT2D eigenvalue weighted by molar-refractivity contribution is 5.95. The van der Waals surface area contributed by atoms with Gasteiger partial charge in [0.15, 0.2) is 0 Å². The van der Waals surface area contributed by atoms with Gasteiger partial charge in [0.2, 0.25) is 5.91 Å². The second-order valence-corrected chi connectivity index (χ2v) is 4.05. The van der Waals surface area contributed by atoms with Gasteiger partial charge in [0.1, 0.15) is 11.7 Å². The molecule has 1 aromatic rings. The molecule has 19 heavy (non-hydrogen) atoms. The average Bonchev–Trinajstić information content (AvgIpc) is 2.81. The van der Waals surface area contributed by atoms with Crippen LogP contribution < -0.4 is 11.1 Å². The summed E-state index contributed by atoms with van der Waals surface area (Å²) in [6.45, 7) is 2.48. The molecule has 0 spiro atoms. The van der Waals surface area contributed by atoms with Crippen LogP contribution in [0.25, 0.3) is 0 Å². The molecule has 0 aliphatic heterocycles. The van der Waals surface area contributed by atoms with Crippen molar-refractivity contribution in [2.45, 2.75) is 32.4 Å². The van der Waals surface area contributed by atoms with Crippen molar-refractivity contribution in [3.63, 3.8) is 0 Å². The zero-order valence-corrected chi connectivity index (χ0v) is 10.6. The number of carboxylic acid groups (broad SMARTS) is 1. The summed E-state index contributed by atoms with van der Waals surface area (Å²) in [6, 6.07) is 2.18. The average molecular weight is 267 g/mol. The molecule has 0 fully saturated rings. The van der Waals surface area contributed by atoms with E-state index in [4.69, 9.17) is 10.8 Å². The lowest BCUT2D eigenvalue weighted by atomic mass is 10.1. The zero-order chi connectivity index (χ0) is 14.4. The van der Waals surface area contributed by atoms with Crippen LogP contribution in [-0.4, -0.2) is 33.5 Å². The fourth-order valence-corrected chi connectivity index (χ4v) is 1.67. The first-order chi connectivity index (χ1) is 8.95. The van der Waals surface area contributed by atoms with E-state index in [1.807, 2.05) is 6.92 Å². The minimum atomic E-state index is -1.19. The highest BCUT2D eigenvalue weighted by atomic mass is 16.4. The molecule has 4 N–H and O–H groups in total. The van der Waals surface area contributed by atoms with Gasteiger partial charge in [-0.25, -0.2) is 4.79 Å². The monoisotopic (exact) mass is 267 g/mol. The lowest BCUT2D eigenvalue weighted by Crippen LogP contribution is -2.42. The summed E-state index contributed by atoms with van der Waals surface area (Å²) in [4.78, 5) is 33.6. The molecule has 0 bridgehead atoms. The molecule has 0 aliphatic carbocycles. The number of carbonyl (C=O) groups is 3. The lowest BCUT2D eigenvalue weighted by Gasteiger charge is -2.14. The van der Waals surface area contributed by atoms with Crippen molar-refractivity contribution < 1.29 is 19.5 Å². The van der Waals surface area contributed by atoms with Gasteiger partial charge in [0.25, 0.3) is 5.91 Å². The Kier molecular flexibility index (Phi) is 5.11. The van der Waals surface area contributed by atoms with Crippen molar-refractivity contribution in [1.82, 2.24) is 9.88 Å². The Morgan fingerprint density at radius 3 is 2.68 bits per heavy atom. The Morgan fingerprint density at radius 2 is 2.16 bits per heavy atom. The van der Waals surface area contributed by atoms with Crippen molar-refractivity contribution in [1.29, 1.82) is 0 Å². The number of hydrogen-bond acceptors (Lipinski definition) is 3. The number of carbonyl (C=O) groups excluding carboxylic acids is 2. The van der Waals surface area contributed by atoms with Crippen LogP contribution in [0.4, 0.5) is 0 Å². The number of nitrogens with two attached hydrogens (primary N) is 1. The van der Waals surface area contributed by atoms with Crippen molar-refractivity contribution >= 4 is 17.8 Å². The van der Waals surface area contributed by atoms with Crippen molar-refractivity contribution in [2.75, 3.05) is 0 Å². The van der Waals surface area contributed by atoms with E-state index in [1.165, 1.54) is 0 Å². The van der Waals surface area contributed by atoms with Gasteiger partial charge in [-0.3, -0.25) is 9.59 Å². The molecular formula is C12H17N3O4. The highest BCUT2D eigenvalue weighted by Gasteiger charge is 2.22. The molecule has 7 nitrogen and oxygen atoms in total. The Balaban J connectivity index is 2.71. The van der Waals surface area contributed by atoms with Crippen LogP contribution in [-0.2, 0) is 16.1 Å². The number of hydrogen-bond donors (Lipinski definition) is 3. The smallest absolute Gasteiger partial charge is 0.326 e. The molecule has 104 valence electrons. The SMILES string of the molecule is CCn1cccc1C(=O)NC(CCC(N)=O)C(=O)O. The first kappa shape index (κ1) is 14.7. The summed E-state index contributed by atoms with van der Waals surface area (Å²) in [5.41, 5.74) is 5.35. The second-order valence-electron chi connectivity index (χ2n) is 4.05. The van der Waals surface area contributed by atoms with E-state index in [0.717, 1.165) is 0 Å². The van der Waals surface area contributed by atoms with E-state index >= 15 is 0 Å². The molecule has 1 aromatic heterocycles. The van der Waals surface area contributed by atoms with Crippen LogP contribution in [0.15, 0.2) is 18.3 Å². The molecular weight excluding hydrogens is 250 g/mol. The molecule has 1 atom stereocenters. The van der Waals surface area contributed by atoms with Crippen LogP contribution in [0.1, 0.15) is 30.3 Å². The van der Waals surface area contributed by atoms with Gasteiger partial charge in [-0.2, -0.15) is 0 Å². The van der Waals surface area contributed by atoms with Gasteiger partial charge in [-0.15, -0.1) is 0 Å². The van der Waals surface area contributed by atoms with Crippen LogP contribution in [0, 0.1) is 0 Å². The van der Waals surface area contributed by atoms with E-state index in [0.29, 0.717) is 12.2 Å². The Bertz CT molecular complexity index is 481. The number of primary amides is 1. The largest absolute Gasteiger partial charge is 0.480 e. The summed E-state index contributed by atoms with van der Waals surface area (Å²) >= 11 is 0. The molecule has 1 rings (SSSR count). The maximum atomic E-state index is 11.9. The fraction of sp³-hybridized carbons (Fsp3) is 0.417. The van der Waals surface area contributed by atoms with E-state index in [-0.39, 0.29) is 12.8 Å². The topological polar surface area (TPSA) is 114 Å². The first-order valence-electron chi connectivity index (χ1n) is 5.92. The number of rotatable bonds is 7. The first-order valence-corrected chi connectivity index (χ1v) is 5.92. The Morgan fingerprint density at radius 1 is 1.47 bits per heavy atom. The number of aliphatic carboxylic acids is 1. The van der Waals surface area contributed by atoms with Crippen molar-refractivity contribution in [3.05, 3.63) is 24.0 Å².